The Hall–Kier alpha value is -2.39. The first kappa shape index (κ1) is 21.3. The molecule has 3 rings (SSSR count). The zero-order chi connectivity index (χ0) is 21.1. The van der Waals surface area contributed by atoms with Crippen LogP contribution >= 0.6 is 11.6 Å². The van der Waals surface area contributed by atoms with E-state index in [0.29, 0.717) is 12.5 Å². The minimum absolute atomic E-state index is 0.440. The van der Waals surface area contributed by atoms with Crippen molar-refractivity contribution in [1.29, 1.82) is 0 Å². The van der Waals surface area contributed by atoms with Crippen LogP contribution < -0.4 is 0 Å². The molecule has 0 radical (unpaired) electrons. The van der Waals surface area contributed by atoms with Gasteiger partial charge in [0.2, 0.25) is 0 Å². The van der Waals surface area contributed by atoms with Crippen molar-refractivity contribution in [3.8, 4) is 11.1 Å². The monoisotopic (exact) mass is 408 g/mol. The molecule has 4 heteroatoms. The maximum Gasteiger partial charge on any atom is 0.119 e. The van der Waals surface area contributed by atoms with Crippen LogP contribution in [-0.4, -0.2) is 17.3 Å². The summed E-state index contributed by atoms with van der Waals surface area (Å²) >= 11 is 6.26. The van der Waals surface area contributed by atoms with Gasteiger partial charge in [0.1, 0.15) is 6.61 Å². The Morgan fingerprint density at radius 3 is 2.41 bits per heavy atom. The third-order valence-corrected chi connectivity index (χ3v) is 5.18. The average molecular weight is 409 g/mol. The maximum absolute atomic E-state index is 6.26. The fourth-order valence-electron chi connectivity index (χ4n) is 3.72. The number of hydrogen-bond acceptors (Lipinski definition) is 3. The second-order valence-corrected chi connectivity index (χ2v) is 8.45. The van der Waals surface area contributed by atoms with Gasteiger partial charge in [0.15, 0.2) is 0 Å². The van der Waals surface area contributed by atoms with Gasteiger partial charge < -0.3 is 4.84 Å². The van der Waals surface area contributed by atoms with E-state index in [2.05, 4.69) is 64.0 Å². The second kappa shape index (κ2) is 8.96. The van der Waals surface area contributed by atoms with Crippen molar-refractivity contribution in [2.75, 3.05) is 6.61 Å². The zero-order valence-corrected chi connectivity index (χ0v) is 18.9. The SMILES string of the molecule is CCC(=NOCC(C)C)c1cc(C)nc2c(-c3c(C)cc(Cl)cc3C)cccc12. The first-order valence-electron chi connectivity index (χ1n) is 10.2. The molecule has 0 unspecified atom stereocenters. The summed E-state index contributed by atoms with van der Waals surface area (Å²) in [6, 6.07) is 12.5. The highest BCUT2D eigenvalue weighted by Gasteiger charge is 2.16. The molecule has 3 nitrogen and oxygen atoms in total. The zero-order valence-electron chi connectivity index (χ0n) is 18.1. The summed E-state index contributed by atoms with van der Waals surface area (Å²) in [7, 11) is 0. The quantitative estimate of drug-likeness (QED) is 0.317. The van der Waals surface area contributed by atoms with Gasteiger partial charge in [-0.15, -0.1) is 0 Å². The van der Waals surface area contributed by atoms with Crippen LogP contribution in [0.3, 0.4) is 0 Å². The fraction of sp³-hybridized carbons (Fsp3) is 0.360. The molecule has 29 heavy (non-hydrogen) atoms. The lowest BCUT2D eigenvalue weighted by molar-refractivity contribution is 0.118. The van der Waals surface area contributed by atoms with E-state index >= 15 is 0 Å². The van der Waals surface area contributed by atoms with Crippen molar-refractivity contribution in [2.45, 2.75) is 48.0 Å². The Bertz CT molecular complexity index is 1050. The van der Waals surface area contributed by atoms with Crippen LogP contribution in [0.5, 0.6) is 0 Å². The maximum atomic E-state index is 6.26. The number of oxime groups is 1. The number of hydrogen-bond donors (Lipinski definition) is 0. The van der Waals surface area contributed by atoms with E-state index in [9.17, 15) is 0 Å². The van der Waals surface area contributed by atoms with Gasteiger partial charge in [-0.1, -0.05) is 55.7 Å². The molecule has 0 saturated heterocycles. The van der Waals surface area contributed by atoms with E-state index in [-0.39, 0.29) is 0 Å². The Morgan fingerprint density at radius 1 is 1.10 bits per heavy atom. The number of pyridine rings is 1. The van der Waals surface area contributed by atoms with E-state index < -0.39 is 0 Å². The van der Waals surface area contributed by atoms with Crippen LogP contribution in [-0.2, 0) is 4.84 Å². The molecule has 1 heterocycles. The van der Waals surface area contributed by atoms with Gasteiger partial charge in [-0.05, 0) is 68.0 Å². The van der Waals surface area contributed by atoms with Crippen LogP contribution in [0.2, 0.25) is 5.02 Å². The summed E-state index contributed by atoms with van der Waals surface area (Å²) in [6.07, 6.45) is 0.792. The third kappa shape index (κ3) is 4.62. The van der Waals surface area contributed by atoms with E-state index in [1.807, 2.05) is 19.1 Å². The third-order valence-electron chi connectivity index (χ3n) is 4.96. The van der Waals surface area contributed by atoms with Crippen molar-refractivity contribution in [2.24, 2.45) is 11.1 Å². The molecule has 0 N–H and O–H groups in total. The highest BCUT2D eigenvalue weighted by Crippen LogP contribution is 2.35. The van der Waals surface area contributed by atoms with Crippen molar-refractivity contribution < 1.29 is 4.84 Å². The molecule has 0 fully saturated rings. The topological polar surface area (TPSA) is 34.5 Å². The first-order chi connectivity index (χ1) is 13.8. The number of fused-ring (bicyclic) bond motifs is 1. The molecule has 3 aromatic rings. The molecule has 0 aliphatic heterocycles. The van der Waals surface area contributed by atoms with Crippen LogP contribution in [0.1, 0.15) is 49.6 Å². The summed E-state index contributed by atoms with van der Waals surface area (Å²) in [6.45, 7) is 13.2. The van der Waals surface area contributed by atoms with Crippen LogP contribution in [0.25, 0.3) is 22.0 Å². The average Bonchev–Trinajstić information content (AvgIpc) is 2.64. The van der Waals surface area contributed by atoms with Gasteiger partial charge in [0.05, 0.1) is 11.2 Å². The van der Waals surface area contributed by atoms with Gasteiger partial charge in [0, 0.05) is 27.2 Å². The smallest absolute Gasteiger partial charge is 0.119 e. The molecular weight excluding hydrogens is 380 g/mol. The van der Waals surface area contributed by atoms with Gasteiger partial charge in [-0.3, -0.25) is 4.98 Å². The molecular formula is C25H29ClN2O. The summed E-state index contributed by atoms with van der Waals surface area (Å²) in [5.74, 6) is 0.440. The number of para-hydroxylation sites is 1. The number of rotatable bonds is 6. The number of nitrogens with zero attached hydrogens (tertiary/aromatic N) is 2. The Labute approximate surface area is 178 Å². The summed E-state index contributed by atoms with van der Waals surface area (Å²) in [5.41, 5.74) is 8.60. The van der Waals surface area contributed by atoms with Crippen molar-refractivity contribution in [1.82, 2.24) is 4.98 Å². The van der Waals surface area contributed by atoms with Gasteiger partial charge in [-0.25, -0.2) is 0 Å². The molecule has 0 bridgehead atoms. The highest BCUT2D eigenvalue weighted by atomic mass is 35.5. The number of benzene rings is 2. The molecule has 0 saturated carbocycles. The second-order valence-electron chi connectivity index (χ2n) is 8.01. The van der Waals surface area contributed by atoms with Crippen LogP contribution in [0.15, 0.2) is 41.6 Å². The van der Waals surface area contributed by atoms with Gasteiger partial charge >= 0.3 is 0 Å². The van der Waals surface area contributed by atoms with Crippen molar-refractivity contribution in [3.05, 3.63) is 63.8 Å². The number of aryl methyl sites for hydroxylation is 3. The summed E-state index contributed by atoms with van der Waals surface area (Å²) in [4.78, 5) is 10.5. The van der Waals surface area contributed by atoms with E-state index in [0.717, 1.165) is 56.0 Å². The van der Waals surface area contributed by atoms with E-state index in [1.54, 1.807) is 0 Å². The lowest BCUT2D eigenvalue weighted by Crippen LogP contribution is -2.06. The highest BCUT2D eigenvalue weighted by molar-refractivity contribution is 6.30. The molecule has 2 aromatic carbocycles. The molecule has 0 aliphatic rings. The van der Waals surface area contributed by atoms with Gasteiger partial charge in [-0.2, -0.15) is 0 Å². The Kier molecular flexibility index (Phi) is 6.59. The number of aromatic nitrogens is 1. The van der Waals surface area contributed by atoms with Crippen LogP contribution in [0, 0.1) is 26.7 Å². The summed E-state index contributed by atoms with van der Waals surface area (Å²) in [5, 5.41) is 6.32. The molecule has 0 atom stereocenters. The first-order valence-corrected chi connectivity index (χ1v) is 10.6. The Morgan fingerprint density at radius 2 is 1.79 bits per heavy atom. The standard InChI is InChI=1S/C25H29ClN2O/c1-7-23(28-29-14-15(2)3)22-13-18(6)27-25-20(22)9-8-10-21(25)24-16(4)11-19(26)12-17(24)5/h8-13,15H,7,14H2,1-6H3. The number of halogens is 1. The normalized spacial score (nSPS) is 12.1. The van der Waals surface area contributed by atoms with E-state index in [4.69, 9.17) is 21.4 Å². The molecule has 0 aliphatic carbocycles. The lowest BCUT2D eigenvalue weighted by atomic mass is 9.92. The van der Waals surface area contributed by atoms with Crippen molar-refractivity contribution >= 4 is 28.2 Å². The minimum Gasteiger partial charge on any atom is -0.395 e. The predicted molar refractivity (Wildman–Crippen MR) is 124 cm³/mol. The largest absolute Gasteiger partial charge is 0.395 e. The van der Waals surface area contributed by atoms with Crippen molar-refractivity contribution in [3.63, 3.8) is 0 Å². The summed E-state index contributed by atoms with van der Waals surface area (Å²) < 4.78 is 0. The lowest BCUT2D eigenvalue weighted by Gasteiger charge is -2.16. The molecule has 0 amide bonds. The molecule has 152 valence electrons. The Balaban J connectivity index is 2.23. The van der Waals surface area contributed by atoms with E-state index in [1.165, 1.54) is 5.56 Å². The molecule has 0 spiro atoms. The molecule has 1 aromatic heterocycles. The minimum atomic E-state index is 0.440. The van der Waals surface area contributed by atoms with Gasteiger partial charge in [0.25, 0.3) is 0 Å². The fourth-order valence-corrected chi connectivity index (χ4v) is 4.05. The predicted octanol–water partition coefficient (Wildman–Crippen LogP) is 7.27. The van der Waals surface area contributed by atoms with Crippen LogP contribution in [0.4, 0.5) is 0 Å².